The first-order chi connectivity index (χ1) is 13.1. The average Bonchev–Trinajstić information content (AvgIpc) is 2.70. The Balaban J connectivity index is 1.74. The zero-order valence-corrected chi connectivity index (χ0v) is 15.7. The van der Waals surface area contributed by atoms with E-state index in [1.54, 1.807) is 23.1 Å². The van der Waals surface area contributed by atoms with Gasteiger partial charge in [-0.05, 0) is 43.5 Å². The van der Waals surface area contributed by atoms with Gasteiger partial charge in [0.2, 0.25) is 0 Å². The zero-order valence-electron chi connectivity index (χ0n) is 15.7. The van der Waals surface area contributed by atoms with Crippen molar-refractivity contribution < 1.29 is 23.8 Å². The molecule has 142 valence electrons. The molecule has 0 saturated carbocycles. The molecule has 0 radical (unpaired) electrons. The number of ether oxygens (including phenoxy) is 3. The lowest BCUT2D eigenvalue weighted by molar-refractivity contribution is -0.122. The number of benzene rings is 2. The Hall–Kier alpha value is -3.02. The molecule has 0 fully saturated rings. The largest absolute Gasteiger partial charge is 0.493 e. The second-order valence-electron chi connectivity index (χ2n) is 6.40. The van der Waals surface area contributed by atoms with Crippen LogP contribution >= 0.6 is 0 Å². The van der Waals surface area contributed by atoms with Gasteiger partial charge in [0.25, 0.3) is 5.91 Å². The standard InChI is InChI=1S/C21H23NO5/c1-14-11-12-15-7-4-5-9-17(15)22(14)19(23)13-27-21(24)16-8-6-10-18(25-2)20(16)26-3/h4-10,14H,11-13H2,1-3H3. The lowest BCUT2D eigenvalue weighted by atomic mass is 9.96. The maximum absolute atomic E-state index is 12.8. The molecule has 1 heterocycles. The van der Waals surface area contributed by atoms with Crippen molar-refractivity contribution in [3.63, 3.8) is 0 Å². The van der Waals surface area contributed by atoms with Crippen LogP contribution in [0.1, 0.15) is 29.3 Å². The Labute approximate surface area is 158 Å². The van der Waals surface area contributed by atoms with E-state index in [0.717, 1.165) is 24.1 Å². The molecule has 0 bridgehead atoms. The summed E-state index contributed by atoms with van der Waals surface area (Å²) in [6.45, 7) is 1.67. The van der Waals surface area contributed by atoms with Crippen LogP contribution in [-0.4, -0.2) is 38.7 Å². The predicted molar refractivity (Wildman–Crippen MR) is 102 cm³/mol. The highest BCUT2D eigenvalue weighted by atomic mass is 16.5. The van der Waals surface area contributed by atoms with Crippen LogP contribution in [0.4, 0.5) is 5.69 Å². The Morgan fingerprint density at radius 2 is 1.85 bits per heavy atom. The van der Waals surface area contributed by atoms with Crippen LogP contribution in [0.5, 0.6) is 11.5 Å². The summed E-state index contributed by atoms with van der Waals surface area (Å²) in [5, 5.41) is 0. The van der Waals surface area contributed by atoms with E-state index in [0.29, 0.717) is 5.75 Å². The fourth-order valence-electron chi connectivity index (χ4n) is 3.39. The average molecular weight is 369 g/mol. The Morgan fingerprint density at radius 3 is 2.59 bits per heavy atom. The van der Waals surface area contributed by atoms with E-state index in [2.05, 4.69) is 0 Å². The Kier molecular flexibility index (Phi) is 5.64. The highest BCUT2D eigenvalue weighted by molar-refractivity contribution is 5.99. The fourth-order valence-corrected chi connectivity index (χ4v) is 3.39. The topological polar surface area (TPSA) is 65.1 Å². The van der Waals surface area contributed by atoms with Gasteiger partial charge in [0.15, 0.2) is 18.1 Å². The quantitative estimate of drug-likeness (QED) is 0.757. The summed E-state index contributed by atoms with van der Waals surface area (Å²) >= 11 is 0. The van der Waals surface area contributed by atoms with E-state index in [1.807, 2.05) is 31.2 Å². The number of para-hydroxylation sites is 2. The number of hydrogen-bond donors (Lipinski definition) is 0. The van der Waals surface area contributed by atoms with Crippen LogP contribution in [0.15, 0.2) is 42.5 Å². The normalized spacial score (nSPS) is 15.7. The molecule has 27 heavy (non-hydrogen) atoms. The lowest BCUT2D eigenvalue weighted by Gasteiger charge is -2.35. The lowest BCUT2D eigenvalue weighted by Crippen LogP contribution is -2.44. The third kappa shape index (κ3) is 3.74. The maximum atomic E-state index is 12.8. The first kappa shape index (κ1) is 18.8. The molecule has 0 aliphatic carbocycles. The molecule has 1 amide bonds. The van der Waals surface area contributed by atoms with E-state index in [4.69, 9.17) is 14.2 Å². The van der Waals surface area contributed by atoms with Gasteiger partial charge in [0.1, 0.15) is 5.56 Å². The molecule has 6 nitrogen and oxygen atoms in total. The molecule has 3 rings (SSSR count). The van der Waals surface area contributed by atoms with Crippen LogP contribution in [-0.2, 0) is 16.0 Å². The summed E-state index contributed by atoms with van der Waals surface area (Å²) in [6.07, 6.45) is 1.81. The molecular weight excluding hydrogens is 346 g/mol. The van der Waals surface area contributed by atoms with Gasteiger partial charge >= 0.3 is 5.97 Å². The smallest absolute Gasteiger partial charge is 0.342 e. The van der Waals surface area contributed by atoms with Gasteiger partial charge in [-0.2, -0.15) is 0 Å². The van der Waals surface area contributed by atoms with Gasteiger partial charge in [-0.15, -0.1) is 0 Å². The van der Waals surface area contributed by atoms with Gasteiger partial charge in [-0.1, -0.05) is 24.3 Å². The molecule has 0 N–H and O–H groups in total. The SMILES string of the molecule is COc1cccc(C(=O)OCC(=O)N2c3ccccc3CCC2C)c1OC. The van der Waals surface area contributed by atoms with Gasteiger partial charge in [-0.25, -0.2) is 4.79 Å². The van der Waals surface area contributed by atoms with Crippen LogP contribution in [0, 0.1) is 0 Å². The molecule has 2 aromatic carbocycles. The minimum absolute atomic E-state index is 0.0532. The number of anilines is 1. The third-order valence-electron chi connectivity index (χ3n) is 4.74. The number of amides is 1. The Bertz CT molecular complexity index is 848. The molecule has 1 unspecified atom stereocenters. The van der Waals surface area contributed by atoms with Crippen molar-refractivity contribution in [3.05, 3.63) is 53.6 Å². The summed E-state index contributed by atoms with van der Waals surface area (Å²) < 4.78 is 15.7. The minimum atomic E-state index is -0.628. The van der Waals surface area contributed by atoms with Crippen molar-refractivity contribution in [2.75, 3.05) is 25.7 Å². The van der Waals surface area contributed by atoms with Crippen LogP contribution < -0.4 is 14.4 Å². The molecule has 0 aromatic heterocycles. The number of hydrogen-bond acceptors (Lipinski definition) is 5. The number of rotatable bonds is 5. The monoisotopic (exact) mass is 369 g/mol. The van der Waals surface area contributed by atoms with E-state index in [1.165, 1.54) is 14.2 Å². The number of carbonyl (C=O) groups is 2. The van der Waals surface area contributed by atoms with Crippen LogP contribution in [0.3, 0.4) is 0 Å². The fraction of sp³-hybridized carbons (Fsp3) is 0.333. The van der Waals surface area contributed by atoms with Crippen molar-refractivity contribution in [3.8, 4) is 11.5 Å². The van der Waals surface area contributed by atoms with Gasteiger partial charge in [0.05, 0.1) is 14.2 Å². The summed E-state index contributed by atoms with van der Waals surface area (Å²) in [5.41, 5.74) is 2.23. The summed E-state index contributed by atoms with van der Waals surface area (Å²) in [6, 6.07) is 12.8. The minimum Gasteiger partial charge on any atom is -0.493 e. The molecular formula is C21H23NO5. The van der Waals surface area contributed by atoms with E-state index >= 15 is 0 Å². The molecule has 0 spiro atoms. The molecule has 1 atom stereocenters. The summed E-state index contributed by atoms with van der Waals surface area (Å²) in [4.78, 5) is 27.0. The van der Waals surface area contributed by atoms with E-state index < -0.39 is 5.97 Å². The van der Waals surface area contributed by atoms with Gasteiger partial charge in [-0.3, -0.25) is 4.79 Å². The van der Waals surface area contributed by atoms with Gasteiger partial charge < -0.3 is 19.1 Å². The van der Waals surface area contributed by atoms with E-state index in [9.17, 15) is 9.59 Å². The highest BCUT2D eigenvalue weighted by Crippen LogP contribution is 2.32. The predicted octanol–water partition coefficient (Wildman–Crippen LogP) is 3.23. The number of esters is 1. The van der Waals surface area contributed by atoms with Crippen molar-refractivity contribution in [1.29, 1.82) is 0 Å². The van der Waals surface area contributed by atoms with E-state index in [-0.39, 0.29) is 29.9 Å². The van der Waals surface area contributed by atoms with Crippen LogP contribution in [0.2, 0.25) is 0 Å². The summed E-state index contributed by atoms with van der Waals surface area (Å²) in [7, 11) is 2.94. The van der Waals surface area contributed by atoms with Gasteiger partial charge in [0, 0.05) is 11.7 Å². The molecule has 1 aliphatic rings. The van der Waals surface area contributed by atoms with Crippen molar-refractivity contribution in [1.82, 2.24) is 0 Å². The number of fused-ring (bicyclic) bond motifs is 1. The molecule has 1 aliphatic heterocycles. The second kappa shape index (κ2) is 8.12. The second-order valence-corrected chi connectivity index (χ2v) is 6.40. The zero-order chi connectivity index (χ0) is 19.4. The molecule has 0 saturated heterocycles. The first-order valence-electron chi connectivity index (χ1n) is 8.85. The maximum Gasteiger partial charge on any atom is 0.342 e. The summed E-state index contributed by atoms with van der Waals surface area (Å²) in [5.74, 6) is -0.159. The Morgan fingerprint density at radius 1 is 1.07 bits per heavy atom. The van der Waals surface area contributed by atoms with Crippen LogP contribution in [0.25, 0.3) is 0 Å². The molecule has 2 aromatic rings. The van der Waals surface area contributed by atoms with Crippen molar-refractivity contribution in [2.24, 2.45) is 0 Å². The highest BCUT2D eigenvalue weighted by Gasteiger charge is 2.29. The number of methoxy groups -OCH3 is 2. The number of carbonyl (C=O) groups excluding carboxylic acids is 2. The first-order valence-corrected chi connectivity index (χ1v) is 8.85. The van der Waals surface area contributed by atoms with Crippen molar-refractivity contribution >= 4 is 17.6 Å². The number of nitrogens with zero attached hydrogens (tertiary/aromatic N) is 1. The number of aryl methyl sites for hydroxylation is 1. The molecule has 6 heteroatoms. The third-order valence-corrected chi connectivity index (χ3v) is 4.74. The van der Waals surface area contributed by atoms with Crippen molar-refractivity contribution in [2.45, 2.75) is 25.8 Å².